The largest absolute Gasteiger partial charge is 0.481 e. The maximum Gasteiger partial charge on any atom is 0.305 e. The number of imidazole rings is 1. The molecule has 2 aromatic heterocycles. The van der Waals surface area contributed by atoms with Gasteiger partial charge in [0.2, 0.25) is 0 Å². The van der Waals surface area contributed by atoms with Gasteiger partial charge < -0.3 is 9.67 Å². The van der Waals surface area contributed by atoms with Crippen LogP contribution in [-0.2, 0) is 27.8 Å². The van der Waals surface area contributed by atoms with E-state index in [-0.39, 0.29) is 11.4 Å². The molecule has 0 amide bonds. The Morgan fingerprint density at radius 2 is 2.36 bits per heavy atom. The lowest BCUT2D eigenvalue weighted by molar-refractivity contribution is -0.137. The molecule has 1 atom stereocenters. The summed E-state index contributed by atoms with van der Waals surface area (Å²) in [5, 5.41) is 10.9. The number of aliphatic carboxylic acids is 1. The van der Waals surface area contributed by atoms with E-state index in [9.17, 15) is 13.2 Å². The third-order valence-corrected chi connectivity index (χ3v) is 5.98. The molecule has 9 heteroatoms. The van der Waals surface area contributed by atoms with E-state index in [1.807, 2.05) is 0 Å². The molecule has 3 heterocycles. The van der Waals surface area contributed by atoms with E-state index >= 15 is 0 Å². The van der Waals surface area contributed by atoms with Crippen molar-refractivity contribution in [2.45, 2.75) is 36.9 Å². The van der Waals surface area contributed by atoms with Crippen LogP contribution in [0.15, 0.2) is 28.7 Å². The standard InChI is InChI=1S/C13H15N3O4S2/c17-13(18)7-9(10-3-2-6-21-10)15-22(19,20)12-8-14-11-4-1-5-16(11)12/h2-3,6,8-9,15H,1,4-5,7H2,(H,17,18). The molecule has 118 valence electrons. The fourth-order valence-electron chi connectivity index (χ4n) is 2.56. The molecule has 1 aliphatic rings. The minimum Gasteiger partial charge on any atom is -0.481 e. The van der Waals surface area contributed by atoms with Gasteiger partial charge in [0.25, 0.3) is 10.0 Å². The maximum absolute atomic E-state index is 12.6. The summed E-state index contributed by atoms with van der Waals surface area (Å²) in [7, 11) is -3.82. The van der Waals surface area contributed by atoms with Crippen LogP contribution in [0.25, 0.3) is 0 Å². The smallest absolute Gasteiger partial charge is 0.305 e. The Labute approximate surface area is 131 Å². The van der Waals surface area contributed by atoms with Crippen LogP contribution in [0.3, 0.4) is 0 Å². The quantitative estimate of drug-likeness (QED) is 0.827. The first kappa shape index (κ1) is 15.2. The van der Waals surface area contributed by atoms with E-state index in [1.165, 1.54) is 17.5 Å². The van der Waals surface area contributed by atoms with Crippen molar-refractivity contribution in [2.24, 2.45) is 0 Å². The van der Waals surface area contributed by atoms with Crippen LogP contribution in [0.1, 0.15) is 29.6 Å². The number of thiophene rings is 1. The van der Waals surface area contributed by atoms with Crippen LogP contribution in [0.4, 0.5) is 0 Å². The van der Waals surface area contributed by atoms with Gasteiger partial charge in [-0.3, -0.25) is 4.79 Å². The third-order valence-electron chi connectivity index (χ3n) is 3.52. The number of nitrogens with one attached hydrogen (secondary N) is 1. The van der Waals surface area contributed by atoms with Gasteiger partial charge in [-0.25, -0.2) is 18.1 Å². The summed E-state index contributed by atoms with van der Waals surface area (Å²) >= 11 is 1.32. The average Bonchev–Trinajstić information content (AvgIpc) is 3.14. The predicted molar refractivity (Wildman–Crippen MR) is 80.2 cm³/mol. The summed E-state index contributed by atoms with van der Waals surface area (Å²) in [5.41, 5.74) is 0. The van der Waals surface area contributed by atoms with E-state index < -0.39 is 22.0 Å². The van der Waals surface area contributed by atoms with Gasteiger partial charge in [-0.05, 0) is 17.9 Å². The lowest BCUT2D eigenvalue weighted by Gasteiger charge is -2.16. The van der Waals surface area contributed by atoms with Crippen molar-refractivity contribution in [1.82, 2.24) is 14.3 Å². The van der Waals surface area contributed by atoms with Gasteiger partial charge in [-0.1, -0.05) is 6.07 Å². The molecule has 22 heavy (non-hydrogen) atoms. The topological polar surface area (TPSA) is 101 Å². The van der Waals surface area contributed by atoms with E-state index in [0.29, 0.717) is 11.4 Å². The lowest BCUT2D eigenvalue weighted by Crippen LogP contribution is -2.31. The van der Waals surface area contributed by atoms with E-state index in [1.54, 1.807) is 22.1 Å². The highest BCUT2D eigenvalue weighted by molar-refractivity contribution is 7.89. The Morgan fingerprint density at radius 1 is 1.55 bits per heavy atom. The van der Waals surface area contributed by atoms with Crippen LogP contribution in [0, 0.1) is 0 Å². The molecule has 0 saturated carbocycles. The van der Waals surface area contributed by atoms with Crippen LogP contribution in [-0.4, -0.2) is 29.0 Å². The van der Waals surface area contributed by atoms with Crippen molar-refractivity contribution >= 4 is 27.3 Å². The summed E-state index contributed by atoms with van der Waals surface area (Å²) < 4.78 is 29.3. The number of hydrogen-bond donors (Lipinski definition) is 2. The number of sulfonamides is 1. The molecule has 0 aromatic carbocycles. The summed E-state index contributed by atoms with van der Waals surface area (Å²) in [6.07, 6.45) is 2.66. The zero-order valence-corrected chi connectivity index (χ0v) is 13.2. The van der Waals surface area contributed by atoms with Gasteiger partial charge in [0.05, 0.1) is 18.7 Å². The van der Waals surface area contributed by atoms with E-state index in [2.05, 4.69) is 9.71 Å². The van der Waals surface area contributed by atoms with Crippen LogP contribution >= 0.6 is 11.3 Å². The van der Waals surface area contributed by atoms with E-state index in [0.717, 1.165) is 18.7 Å². The number of carboxylic acid groups (broad SMARTS) is 1. The first-order chi connectivity index (χ1) is 10.5. The number of carboxylic acids is 1. The monoisotopic (exact) mass is 341 g/mol. The number of aryl methyl sites for hydroxylation is 1. The molecule has 2 N–H and O–H groups in total. The highest BCUT2D eigenvalue weighted by Crippen LogP contribution is 2.26. The molecule has 0 bridgehead atoms. The minimum absolute atomic E-state index is 0.104. The molecule has 0 radical (unpaired) electrons. The first-order valence-electron chi connectivity index (χ1n) is 6.79. The van der Waals surface area contributed by atoms with Crippen LogP contribution in [0.2, 0.25) is 0 Å². The molecule has 0 fully saturated rings. The lowest BCUT2D eigenvalue weighted by atomic mass is 10.2. The molecular formula is C13H15N3O4S2. The molecular weight excluding hydrogens is 326 g/mol. The number of hydrogen-bond acceptors (Lipinski definition) is 5. The van der Waals surface area contributed by atoms with Crippen molar-refractivity contribution in [1.29, 1.82) is 0 Å². The molecule has 1 aliphatic heterocycles. The molecule has 2 aromatic rings. The second-order valence-electron chi connectivity index (χ2n) is 5.06. The normalized spacial score (nSPS) is 15.6. The molecule has 0 aliphatic carbocycles. The van der Waals surface area contributed by atoms with Crippen molar-refractivity contribution in [3.8, 4) is 0 Å². The molecule has 1 unspecified atom stereocenters. The summed E-state index contributed by atoms with van der Waals surface area (Å²) in [5.74, 6) is -0.300. The van der Waals surface area contributed by atoms with Gasteiger partial charge >= 0.3 is 5.97 Å². The molecule has 3 rings (SSSR count). The van der Waals surface area contributed by atoms with Crippen molar-refractivity contribution in [2.75, 3.05) is 0 Å². The Hall–Kier alpha value is -1.71. The first-order valence-corrected chi connectivity index (χ1v) is 9.15. The minimum atomic E-state index is -3.82. The Balaban J connectivity index is 1.89. The summed E-state index contributed by atoms with van der Waals surface area (Å²) in [6.45, 7) is 0.619. The number of nitrogens with zero attached hydrogens (tertiary/aromatic N) is 2. The van der Waals surface area contributed by atoms with Gasteiger partial charge in [0, 0.05) is 17.8 Å². The zero-order chi connectivity index (χ0) is 15.7. The SMILES string of the molecule is O=C(O)CC(NS(=O)(=O)c1cnc2n1CCC2)c1cccs1. The predicted octanol–water partition coefficient (Wildman–Crippen LogP) is 1.39. The van der Waals surface area contributed by atoms with Crippen molar-refractivity contribution in [3.63, 3.8) is 0 Å². The fraction of sp³-hybridized carbons (Fsp3) is 0.385. The Morgan fingerprint density at radius 3 is 3.05 bits per heavy atom. The molecule has 0 spiro atoms. The van der Waals surface area contributed by atoms with Crippen molar-refractivity contribution < 1.29 is 18.3 Å². The van der Waals surface area contributed by atoms with Gasteiger partial charge in [0.15, 0.2) is 5.03 Å². The number of fused-ring (bicyclic) bond motifs is 1. The maximum atomic E-state index is 12.6. The second-order valence-corrected chi connectivity index (χ2v) is 7.70. The number of rotatable bonds is 6. The fourth-order valence-corrected chi connectivity index (χ4v) is 4.79. The average molecular weight is 341 g/mol. The van der Waals surface area contributed by atoms with Gasteiger partial charge in [0.1, 0.15) is 5.82 Å². The highest BCUT2D eigenvalue weighted by Gasteiger charge is 2.29. The second kappa shape index (κ2) is 5.82. The van der Waals surface area contributed by atoms with Crippen LogP contribution < -0.4 is 4.72 Å². The van der Waals surface area contributed by atoms with Crippen LogP contribution in [0.5, 0.6) is 0 Å². The Bertz CT molecular complexity index is 780. The molecule has 0 saturated heterocycles. The summed E-state index contributed by atoms with van der Waals surface area (Å²) in [4.78, 5) is 15.8. The highest BCUT2D eigenvalue weighted by atomic mass is 32.2. The molecule has 7 nitrogen and oxygen atoms in total. The number of carbonyl (C=O) groups is 1. The third kappa shape index (κ3) is 2.92. The zero-order valence-electron chi connectivity index (χ0n) is 11.6. The summed E-state index contributed by atoms with van der Waals surface area (Å²) in [6, 6.07) is 2.71. The number of aromatic nitrogens is 2. The Kier molecular flexibility index (Phi) is 4.02. The van der Waals surface area contributed by atoms with Gasteiger partial charge in [-0.2, -0.15) is 0 Å². The van der Waals surface area contributed by atoms with Gasteiger partial charge in [-0.15, -0.1) is 11.3 Å². The van der Waals surface area contributed by atoms with Crippen molar-refractivity contribution in [3.05, 3.63) is 34.4 Å². The van der Waals surface area contributed by atoms with E-state index in [4.69, 9.17) is 5.11 Å².